The Bertz CT molecular complexity index is 738. The Labute approximate surface area is 118 Å². The Hall–Kier alpha value is -2.50. The zero-order chi connectivity index (χ0) is 15.2. The van der Waals surface area contributed by atoms with Crippen molar-refractivity contribution in [1.82, 2.24) is 0 Å². The zero-order valence-electron chi connectivity index (χ0n) is 11.0. The molecule has 0 unspecified atom stereocenters. The number of halogens is 3. The number of benzene rings is 2. The Morgan fingerprint density at radius 3 is 2.33 bits per heavy atom. The van der Waals surface area contributed by atoms with Gasteiger partial charge in [-0.1, -0.05) is 6.07 Å². The molecule has 1 heterocycles. The van der Waals surface area contributed by atoms with Gasteiger partial charge in [-0.2, -0.15) is 13.2 Å². The summed E-state index contributed by atoms with van der Waals surface area (Å²) in [5.74, 6) is -0.562. The minimum atomic E-state index is -4.48. The Kier molecular flexibility index (Phi) is 2.90. The summed E-state index contributed by atoms with van der Waals surface area (Å²) in [5, 5.41) is 5.62. The summed E-state index contributed by atoms with van der Waals surface area (Å²) in [6, 6.07) is 8.48. The SMILES string of the molecule is Cc1ccc2c(c1)NC(=O)c1cc(C(F)(F)F)ccc1N2. The van der Waals surface area contributed by atoms with Crippen molar-refractivity contribution >= 4 is 23.0 Å². The van der Waals surface area contributed by atoms with E-state index in [4.69, 9.17) is 0 Å². The second kappa shape index (κ2) is 4.51. The van der Waals surface area contributed by atoms with Crippen molar-refractivity contribution in [2.45, 2.75) is 13.1 Å². The molecule has 1 aliphatic rings. The molecule has 1 amide bonds. The summed E-state index contributed by atoms with van der Waals surface area (Å²) in [5.41, 5.74) is 1.61. The average Bonchev–Trinajstić information content (AvgIpc) is 2.53. The number of amides is 1. The van der Waals surface area contributed by atoms with Crippen LogP contribution in [0.2, 0.25) is 0 Å². The van der Waals surface area contributed by atoms with Gasteiger partial charge in [0.15, 0.2) is 0 Å². The number of carbonyl (C=O) groups is 1. The Balaban J connectivity index is 2.10. The van der Waals surface area contributed by atoms with E-state index in [1.54, 1.807) is 12.1 Å². The molecular formula is C15H11F3N2O. The maximum Gasteiger partial charge on any atom is 0.416 e. The lowest BCUT2D eigenvalue weighted by atomic mass is 10.1. The number of fused-ring (bicyclic) bond motifs is 2. The molecule has 0 atom stereocenters. The minimum Gasteiger partial charge on any atom is -0.353 e. The lowest BCUT2D eigenvalue weighted by molar-refractivity contribution is -0.137. The fourth-order valence-electron chi connectivity index (χ4n) is 2.22. The van der Waals surface area contributed by atoms with Gasteiger partial charge in [-0.3, -0.25) is 4.79 Å². The van der Waals surface area contributed by atoms with Crippen LogP contribution in [0.4, 0.5) is 30.2 Å². The number of nitrogens with one attached hydrogen (secondary N) is 2. The molecule has 108 valence electrons. The van der Waals surface area contributed by atoms with Crippen LogP contribution in [-0.4, -0.2) is 5.91 Å². The van der Waals surface area contributed by atoms with Gasteiger partial charge in [0, 0.05) is 0 Å². The third-order valence-corrected chi connectivity index (χ3v) is 3.28. The Morgan fingerprint density at radius 2 is 1.62 bits per heavy atom. The molecular weight excluding hydrogens is 281 g/mol. The molecule has 0 aliphatic carbocycles. The van der Waals surface area contributed by atoms with E-state index in [1.165, 1.54) is 6.07 Å². The smallest absolute Gasteiger partial charge is 0.353 e. The first-order valence-electron chi connectivity index (χ1n) is 6.25. The topological polar surface area (TPSA) is 41.1 Å². The van der Waals surface area contributed by atoms with Gasteiger partial charge in [-0.25, -0.2) is 0 Å². The quantitative estimate of drug-likeness (QED) is 0.759. The first-order valence-corrected chi connectivity index (χ1v) is 6.25. The second-order valence-corrected chi connectivity index (χ2v) is 4.89. The van der Waals surface area contributed by atoms with Crippen LogP contribution in [0.1, 0.15) is 21.5 Å². The molecule has 6 heteroatoms. The summed E-state index contributed by atoms with van der Waals surface area (Å²) in [4.78, 5) is 12.1. The Morgan fingerprint density at radius 1 is 0.905 bits per heavy atom. The fraction of sp³-hybridized carbons (Fsp3) is 0.133. The van der Waals surface area contributed by atoms with Gasteiger partial charge in [0.05, 0.1) is 28.2 Å². The lowest BCUT2D eigenvalue weighted by Gasteiger charge is -2.11. The van der Waals surface area contributed by atoms with Crippen molar-refractivity contribution in [3.8, 4) is 0 Å². The molecule has 21 heavy (non-hydrogen) atoms. The average molecular weight is 292 g/mol. The van der Waals surface area contributed by atoms with Crippen LogP contribution in [0.3, 0.4) is 0 Å². The molecule has 0 fully saturated rings. The first kappa shape index (κ1) is 13.5. The van der Waals surface area contributed by atoms with Crippen LogP contribution >= 0.6 is 0 Å². The minimum absolute atomic E-state index is 0.0290. The van der Waals surface area contributed by atoms with Gasteiger partial charge < -0.3 is 10.6 Å². The molecule has 0 spiro atoms. The predicted molar refractivity (Wildman–Crippen MR) is 73.9 cm³/mol. The summed E-state index contributed by atoms with van der Waals surface area (Å²) in [7, 11) is 0. The third-order valence-electron chi connectivity index (χ3n) is 3.28. The predicted octanol–water partition coefficient (Wildman–Crippen LogP) is 4.32. The van der Waals surface area contributed by atoms with Crippen LogP contribution in [0, 0.1) is 6.92 Å². The van der Waals surface area contributed by atoms with E-state index in [0.717, 1.165) is 17.7 Å². The van der Waals surface area contributed by atoms with E-state index in [-0.39, 0.29) is 5.56 Å². The van der Waals surface area contributed by atoms with Crippen LogP contribution < -0.4 is 10.6 Å². The molecule has 0 aromatic heterocycles. The normalized spacial score (nSPS) is 13.6. The lowest BCUT2D eigenvalue weighted by Crippen LogP contribution is -2.13. The van der Waals surface area contributed by atoms with E-state index in [1.807, 2.05) is 13.0 Å². The fourth-order valence-corrected chi connectivity index (χ4v) is 2.22. The van der Waals surface area contributed by atoms with E-state index in [2.05, 4.69) is 10.6 Å². The van der Waals surface area contributed by atoms with Crippen molar-refractivity contribution in [3.05, 3.63) is 53.1 Å². The second-order valence-electron chi connectivity index (χ2n) is 4.89. The maximum absolute atomic E-state index is 12.8. The van der Waals surface area contributed by atoms with Gasteiger partial charge in [0.2, 0.25) is 0 Å². The number of carbonyl (C=O) groups excluding carboxylic acids is 1. The van der Waals surface area contributed by atoms with Gasteiger partial charge in [-0.05, 0) is 42.8 Å². The molecule has 0 radical (unpaired) electrons. The summed E-state index contributed by atoms with van der Waals surface area (Å²) < 4.78 is 38.3. The van der Waals surface area contributed by atoms with Crippen molar-refractivity contribution in [2.24, 2.45) is 0 Å². The van der Waals surface area contributed by atoms with E-state index in [0.29, 0.717) is 17.1 Å². The molecule has 1 aliphatic heterocycles. The molecule has 3 nitrogen and oxygen atoms in total. The zero-order valence-corrected chi connectivity index (χ0v) is 11.0. The number of hydrogen-bond acceptors (Lipinski definition) is 2. The summed E-state index contributed by atoms with van der Waals surface area (Å²) in [6.07, 6.45) is -4.48. The van der Waals surface area contributed by atoms with Gasteiger partial charge in [0.25, 0.3) is 5.91 Å². The molecule has 0 saturated heterocycles. The number of rotatable bonds is 0. The van der Waals surface area contributed by atoms with E-state index >= 15 is 0 Å². The monoisotopic (exact) mass is 292 g/mol. The highest BCUT2D eigenvalue weighted by Gasteiger charge is 2.32. The molecule has 0 saturated carbocycles. The highest BCUT2D eigenvalue weighted by Crippen LogP contribution is 2.36. The van der Waals surface area contributed by atoms with Gasteiger partial charge in [0.1, 0.15) is 0 Å². The van der Waals surface area contributed by atoms with Crippen molar-refractivity contribution in [1.29, 1.82) is 0 Å². The van der Waals surface area contributed by atoms with Crippen molar-refractivity contribution < 1.29 is 18.0 Å². The molecule has 3 rings (SSSR count). The van der Waals surface area contributed by atoms with E-state index in [9.17, 15) is 18.0 Å². The van der Waals surface area contributed by atoms with Crippen LogP contribution in [0.25, 0.3) is 0 Å². The number of hydrogen-bond donors (Lipinski definition) is 2. The summed E-state index contributed by atoms with van der Waals surface area (Å²) >= 11 is 0. The van der Waals surface area contributed by atoms with E-state index < -0.39 is 17.6 Å². The highest BCUT2D eigenvalue weighted by molar-refractivity contribution is 6.12. The molecule has 2 aromatic rings. The molecule has 2 N–H and O–H groups in total. The standard InChI is InChI=1S/C15H11F3N2O/c1-8-2-4-12-13(6-8)20-14(21)10-7-9(15(16,17)18)3-5-11(10)19-12/h2-7,19H,1H3,(H,20,21). The van der Waals surface area contributed by atoms with Crippen LogP contribution in [-0.2, 0) is 6.18 Å². The maximum atomic E-state index is 12.8. The number of alkyl halides is 3. The first-order chi connectivity index (χ1) is 9.84. The largest absolute Gasteiger partial charge is 0.416 e. The summed E-state index contributed by atoms with van der Waals surface area (Å²) in [6.45, 7) is 1.87. The highest BCUT2D eigenvalue weighted by atomic mass is 19.4. The van der Waals surface area contributed by atoms with Crippen molar-refractivity contribution in [3.63, 3.8) is 0 Å². The molecule has 0 bridgehead atoms. The van der Waals surface area contributed by atoms with Crippen LogP contribution in [0.15, 0.2) is 36.4 Å². The third kappa shape index (κ3) is 2.44. The van der Waals surface area contributed by atoms with Crippen molar-refractivity contribution in [2.75, 3.05) is 10.6 Å². The molecule has 2 aromatic carbocycles. The van der Waals surface area contributed by atoms with Crippen LogP contribution in [0.5, 0.6) is 0 Å². The van der Waals surface area contributed by atoms with Gasteiger partial charge in [-0.15, -0.1) is 0 Å². The number of aryl methyl sites for hydroxylation is 1. The number of anilines is 3. The van der Waals surface area contributed by atoms with Gasteiger partial charge >= 0.3 is 6.18 Å².